The number of nitrogens with zero attached hydrogens (tertiary/aromatic N) is 3. The zero-order chi connectivity index (χ0) is 10.4. The minimum absolute atomic E-state index is 0.0375. The third kappa shape index (κ3) is 1.36. The minimum atomic E-state index is -1.02. The van der Waals surface area contributed by atoms with Crippen molar-refractivity contribution in [3.8, 4) is 0 Å². The van der Waals surface area contributed by atoms with Crippen molar-refractivity contribution in [3.63, 3.8) is 0 Å². The van der Waals surface area contributed by atoms with Crippen molar-refractivity contribution in [2.75, 3.05) is 0 Å². The molecule has 5 nitrogen and oxygen atoms in total. The molecule has 1 aliphatic carbocycles. The molecular formula is C10H9N3O2. The molecule has 2 aromatic heterocycles. The maximum absolute atomic E-state index is 10.7. The van der Waals surface area contributed by atoms with Crippen LogP contribution in [-0.2, 0) is 0 Å². The third-order valence-corrected chi connectivity index (χ3v) is 2.56. The molecule has 1 saturated carbocycles. The summed E-state index contributed by atoms with van der Waals surface area (Å²) in [6, 6.07) is 3.40. The normalized spacial score (nSPS) is 15.7. The first kappa shape index (κ1) is 8.40. The van der Waals surface area contributed by atoms with Gasteiger partial charge in [0.05, 0.1) is 0 Å². The highest BCUT2D eigenvalue weighted by Crippen LogP contribution is 2.38. The van der Waals surface area contributed by atoms with E-state index < -0.39 is 5.97 Å². The van der Waals surface area contributed by atoms with Gasteiger partial charge >= 0.3 is 5.97 Å². The highest BCUT2D eigenvalue weighted by molar-refractivity contribution is 5.86. The average Bonchev–Trinajstić information content (AvgIpc) is 2.96. The molecular weight excluding hydrogens is 194 g/mol. The fourth-order valence-corrected chi connectivity index (χ4v) is 1.61. The topological polar surface area (TPSA) is 67.5 Å². The van der Waals surface area contributed by atoms with Crippen LogP contribution in [0.25, 0.3) is 5.65 Å². The van der Waals surface area contributed by atoms with E-state index in [1.807, 2.05) is 6.07 Å². The summed E-state index contributed by atoms with van der Waals surface area (Å²) in [7, 11) is 0. The van der Waals surface area contributed by atoms with Gasteiger partial charge in [-0.1, -0.05) is 0 Å². The fourth-order valence-electron chi connectivity index (χ4n) is 1.61. The number of rotatable bonds is 2. The smallest absolute Gasteiger partial charge is 0.356 e. The number of carboxylic acid groups (broad SMARTS) is 1. The van der Waals surface area contributed by atoms with Crippen LogP contribution >= 0.6 is 0 Å². The summed E-state index contributed by atoms with van der Waals surface area (Å²) in [6.07, 6.45) is 4.13. The molecule has 2 heterocycles. The number of hydrogen-bond donors (Lipinski definition) is 1. The zero-order valence-electron chi connectivity index (χ0n) is 7.92. The highest BCUT2D eigenvalue weighted by Gasteiger charge is 2.25. The largest absolute Gasteiger partial charge is 0.476 e. The van der Waals surface area contributed by atoms with Crippen molar-refractivity contribution in [2.24, 2.45) is 0 Å². The molecule has 5 heteroatoms. The van der Waals surface area contributed by atoms with E-state index in [1.165, 1.54) is 23.4 Å². The zero-order valence-corrected chi connectivity index (χ0v) is 7.92. The van der Waals surface area contributed by atoms with Crippen LogP contribution in [0.4, 0.5) is 0 Å². The molecule has 0 saturated heterocycles. The lowest BCUT2D eigenvalue weighted by Gasteiger charge is -1.96. The Kier molecular flexibility index (Phi) is 1.56. The summed E-state index contributed by atoms with van der Waals surface area (Å²) < 4.78 is 1.50. The van der Waals surface area contributed by atoms with Crippen molar-refractivity contribution in [2.45, 2.75) is 18.8 Å². The SMILES string of the molecule is O=C(O)c1cc2nc(C3CC3)ccn2n1. The fraction of sp³-hybridized carbons (Fsp3) is 0.300. The lowest BCUT2D eigenvalue weighted by atomic mass is 10.3. The monoisotopic (exact) mass is 203 g/mol. The molecule has 0 aliphatic heterocycles. The molecule has 0 bridgehead atoms. The van der Waals surface area contributed by atoms with Crippen LogP contribution in [0.2, 0.25) is 0 Å². The van der Waals surface area contributed by atoms with Gasteiger partial charge in [-0.15, -0.1) is 0 Å². The molecule has 1 aliphatic rings. The van der Waals surface area contributed by atoms with Crippen molar-refractivity contribution in [3.05, 3.63) is 29.7 Å². The van der Waals surface area contributed by atoms with Gasteiger partial charge in [-0.05, 0) is 18.9 Å². The molecule has 15 heavy (non-hydrogen) atoms. The Labute approximate surface area is 85.4 Å². The van der Waals surface area contributed by atoms with Crippen molar-refractivity contribution >= 4 is 11.6 Å². The second kappa shape index (κ2) is 2.79. The molecule has 0 amide bonds. The second-order valence-electron chi connectivity index (χ2n) is 3.76. The predicted molar refractivity (Wildman–Crippen MR) is 51.9 cm³/mol. The van der Waals surface area contributed by atoms with Crippen LogP contribution in [0, 0.1) is 0 Å². The Bertz CT molecular complexity index is 543. The van der Waals surface area contributed by atoms with E-state index in [1.54, 1.807) is 6.20 Å². The summed E-state index contributed by atoms with van der Waals surface area (Å²) in [6.45, 7) is 0. The lowest BCUT2D eigenvalue weighted by molar-refractivity contribution is 0.0690. The molecule has 1 fully saturated rings. The highest BCUT2D eigenvalue weighted by atomic mass is 16.4. The number of carbonyl (C=O) groups is 1. The van der Waals surface area contributed by atoms with Crippen molar-refractivity contribution < 1.29 is 9.90 Å². The number of hydrogen-bond acceptors (Lipinski definition) is 3. The van der Waals surface area contributed by atoms with Crippen LogP contribution in [0.15, 0.2) is 18.3 Å². The summed E-state index contributed by atoms with van der Waals surface area (Å²) in [4.78, 5) is 15.1. The second-order valence-corrected chi connectivity index (χ2v) is 3.76. The summed E-state index contributed by atoms with van der Waals surface area (Å²) in [5, 5.41) is 12.7. The summed E-state index contributed by atoms with van der Waals surface area (Å²) in [5.41, 5.74) is 1.69. The predicted octanol–water partition coefficient (Wildman–Crippen LogP) is 1.30. The lowest BCUT2D eigenvalue weighted by Crippen LogP contribution is -1.97. The van der Waals surface area contributed by atoms with Gasteiger partial charge in [0, 0.05) is 23.9 Å². The molecule has 0 radical (unpaired) electrons. The molecule has 0 unspecified atom stereocenters. The van der Waals surface area contributed by atoms with Gasteiger partial charge in [-0.25, -0.2) is 14.3 Å². The van der Waals surface area contributed by atoms with Gasteiger partial charge in [0.1, 0.15) is 0 Å². The Morgan fingerprint density at radius 1 is 1.53 bits per heavy atom. The van der Waals surface area contributed by atoms with Crippen LogP contribution in [0.1, 0.15) is 34.9 Å². The van der Waals surface area contributed by atoms with Crippen LogP contribution < -0.4 is 0 Å². The van der Waals surface area contributed by atoms with E-state index in [2.05, 4.69) is 10.1 Å². The minimum Gasteiger partial charge on any atom is -0.476 e. The van der Waals surface area contributed by atoms with E-state index in [-0.39, 0.29) is 5.69 Å². The summed E-state index contributed by atoms with van der Waals surface area (Å²) >= 11 is 0. The van der Waals surface area contributed by atoms with Gasteiger partial charge < -0.3 is 5.11 Å². The van der Waals surface area contributed by atoms with E-state index in [0.29, 0.717) is 11.6 Å². The Balaban J connectivity index is 2.13. The third-order valence-electron chi connectivity index (χ3n) is 2.56. The quantitative estimate of drug-likeness (QED) is 0.798. The number of carboxylic acids is 1. The molecule has 76 valence electrons. The Hall–Kier alpha value is -1.91. The molecule has 3 rings (SSSR count). The van der Waals surface area contributed by atoms with Gasteiger partial charge in [0.2, 0.25) is 0 Å². The maximum atomic E-state index is 10.7. The van der Waals surface area contributed by atoms with Crippen LogP contribution in [0.3, 0.4) is 0 Å². The maximum Gasteiger partial charge on any atom is 0.356 e. The van der Waals surface area contributed by atoms with E-state index in [9.17, 15) is 4.79 Å². The first-order valence-electron chi connectivity index (χ1n) is 4.83. The average molecular weight is 203 g/mol. The van der Waals surface area contributed by atoms with Gasteiger partial charge in [0.25, 0.3) is 0 Å². The molecule has 0 spiro atoms. The first-order valence-corrected chi connectivity index (χ1v) is 4.83. The molecule has 0 atom stereocenters. The molecule has 0 aromatic carbocycles. The number of aromatic carboxylic acids is 1. The summed E-state index contributed by atoms with van der Waals surface area (Å²) in [5.74, 6) is -0.452. The number of fused-ring (bicyclic) bond motifs is 1. The van der Waals surface area contributed by atoms with Gasteiger partial charge in [0.15, 0.2) is 11.3 Å². The molecule has 2 aromatic rings. The van der Waals surface area contributed by atoms with Gasteiger partial charge in [-0.3, -0.25) is 0 Å². The standard InChI is InChI=1S/C10H9N3O2/c14-10(15)8-5-9-11-7(6-1-2-6)3-4-13(9)12-8/h3-6H,1-2H2,(H,14,15). The van der Waals surface area contributed by atoms with Crippen molar-refractivity contribution in [1.29, 1.82) is 0 Å². The van der Waals surface area contributed by atoms with E-state index >= 15 is 0 Å². The first-order chi connectivity index (χ1) is 7.24. The van der Waals surface area contributed by atoms with Crippen LogP contribution in [0.5, 0.6) is 0 Å². The van der Waals surface area contributed by atoms with Crippen LogP contribution in [-0.4, -0.2) is 25.7 Å². The Morgan fingerprint density at radius 3 is 3.00 bits per heavy atom. The van der Waals surface area contributed by atoms with Gasteiger partial charge in [-0.2, -0.15) is 5.10 Å². The Morgan fingerprint density at radius 2 is 2.33 bits per heavy atom. The van der Waals surface area contributed by atoms with Crippen molar-refractivity contribution in [1.82, 2.24) is 14.6 Å². The molecule has 1 N–H and O–H groups in total. The van der Waals surface area contributed by atoms with E-state index in [0.717, 1.165) is 5.69 Å². The number of aromatic nitrogens is 3. The van der Waals surface area contributed by atoms with E-state index in [4.69, 9.17) is 5.11 Å².